The molecule has 0 saturated heterocycles. The lowest BCUT2D eigenvalue weighted by Crippen LogP contribution is -2.40. The van der Waals surface area contributed by atoms with Crippen molar-refractivity contribution in [2.45, 2.75) is 39.9 Å². The van der Waals surface area contributed by atoms with Crippen molar-refractivity contribution in [3.63, 3.8) is 0 Å². The molecule has 2 heterocycles. The van der Waals surface area contributed by atoms with Crippen LogP contribution in [0.5, 0.6) is 0 Å². The standard InChI is InChI=1S/C24H27NOSi/c1-16(2)13-17-14-21(25-15-23(17)27(3,4)5)20-11-8-10-19-18-9-6-7-12-22(18)26-24(19)20/h6-12,14-16H,13H2,1-5H3. The number of para-hydroxylation sites is 2. The topological polar surface area (TPSA) is 26.0 Å². The number of benzene rings is 2. The van der Waals surface area contributed by atoms with Crippen molar-refractivity contribution in [3.8, 4) is 11.3 Å². The molecule has 0 aliphatic rings. The van der Waals surface area contributed by atoms with Crippen molar-refractivity contribution in [1.82, 2.24) is 4.98 Å². The fraction of sp³-hybridized carbons (Fsp3) is 0.292. The summed E-state index contributed by atoms with van der Waals surface area (Å²) in [5.41, 5.74) is 5.40. The SMILES string of the molecule is CC(C)Cc1cc(-c2cccc3c2oc2ccccc23)ncc1[Si](C)(C)C. The molecule has 0 bridgehead atoms. The van der Waals surface area contributed by atoms with E-state index < -0.39 is 8.07 Å². The molecule has 0 N–H and O–H groups in total. The molecule has 2 nitrogen and oxygen atoms in total. The third-order valence-corrected chi connectivity index (χ3v) is 7.17. The molecule has 0 spiro atoms. The van der Waals surface area contributed by atoms with Crippen molar-refractivity contribution in [1.29, 1.82) is 0 Å². The lowest BCUT2D eigenvalue weighted by Gasteiger charge is -2.22. The fourth-order valence-electron chi connectivity index (χ4n) is 3.88. The molecule has 0 unspecified atom stereocenters. The molecule has 4 aromatic rings. The van der Waals surface area contributed by atoms with E-state index in [0.717, 1.165) is 39.6 Å². The number of hydrogen-bond donors (Lipinski definition) is 0. The molecule has 3 heteroatoms. The number of fused-ring (bicyclic) bond motifs is 3. The number of furan rings is 1. The van der Waals surface area contributed by atoms with Gasteiger partial charge in [0.1, 0.15) is 11.2 Å². The Balaban J connectivity index is 1.93. The second kappa shape index (κ2) is 6.65. The molecule has 2 aromatic carbocycles. The Morgan fingerprint density at radius 1 is 0.963 bits per heavy atom. The largest absolute Gasteiger partial charge is 0.455 e. The van der Waals surface area contributed by atoms with Crippen LogP contribution in [-0.2, 0) is 6.42 Å². The summed E-state index contributed by atoms with van der Waals surface area (Å²) in [7, 11) is -1.43. The Morgan fingerprint density at radius 2 is 1.70 bits per heavy atom. The van der Waals surface area contributed by atoms with Gasteiger partial charge in [-0.25, -0.2) is 0 Å². The Hall–Kier alpha value is -2.39. The van der Waals surface area contributed by atoms with E-state index in [2.05, 4.69) is 76.1 Å². The first kappa shape index (κ1) is 18.0. The van der Waals surface area contributed by atoms with Gasteiger partial charge in [0, 0.05) is 22.5 Å². The van der Waals surface area contributed by atoms with E-state index in [-0.39, 0.29) is 0 Å². The average Bonchev–Trinajstić information content (AvgIpc) is 2.99. The summed E-state index contributed by atoms with van der Waals surface area (Å²) >= 11 is 0. The Morgan fingerprint density at radius 3 is 2.44 bits per heavy atom. The normalized spacial score (nSPS) is 12.4. The highest BCUT2D eigenvalue weighted by molar-refractivity contribution is 6.89. The highest BCUT2D eigenvalue weighted by Gasteiger charge is 2.22. The van der Waals surface area contributed by atoms with Crippen molar-refractivity contribution < 1.29 is 4.42 Å². The van der Waals surface area contributed by atoms with Crippen LogP contribution in [0, 0.1) is 5.92 Å². The van der Waals surface area contributed by atoms with Crippen LogP contribution in [0.3, 0.4) is 0 Å². The lowest BCUT2D eigenvalue weighted by atomic mass is 10.0. The first-order valence-corrected chi connectivity index (χ1v) is 13.2. The quantitative estimate of drug-likeness (QED) is 0.387. The van der Waals surface area contributed by atoms with Gasteiger partial charge in [-0.05, 0) is 41.3 Å². The summed E-state index contributed by atoms with van der Waals surface area (Å²) in [5.74, 6) is 0.623. The van der Waals surface area contributed by atoms with Crippen LogP contribution in [0.4, 0.5) is 0 Å². The van der Waals surface area contributed by atoms with Crippen molar-refractivity contribution in [2.24, 2.45) is 5.92 Å². The van der Waals surface area contributed by atoms with E-state index in [1.807, 2.05) is 12.1 Å². The van der Waals surface area contributed by atoms with Gasteiger partial charge < -0.3 is 4.42 Å². The van der Waals surface area contributed by atoms with Gasteiger partial charge in [0.05, 0.1) is 13.8 Å². The fourth-order valence-corrected chi connectivity index (χ4v) is 5.47. The Bertz CT molecular complexity index is 1120. The van der Waals surface area contributed by atoms with E-state index in [1.54, 1.807) is 0 Å². The van der Waals surface area contributed by atoms with Crippen molar-refractivity contribution in [3.05, 3.63) is 60.3 Å². The molecule has 4 rings (SSSR count). The number of hydrogen-bond acceptors (Lipinski definition) is 2. The van der Waals surface area contributed by atoms with E-state index in [0.29, 0.717) is 5.92 Å². The summed E-state index contributed by atoms with van der Waals surface area (Å²) in [5, 5.41) is 3.79. The number of nitrogens with zero attached hydrogens (tertiary/aromatic N) is 1. The molecule has 0 saturated carbocycles. The van der Waals surface area contributed by atoms with Gasteiger partial charge in [-0.15, -0.1) is 0 Å². The minimum absolute atomic E-state index is 0.623. The van der Waals surface area contributed by atoms with Crippen LogP contribution in [0.2, 0.25) is 19.6 Å². The zero-order valence-electron chi connectivity index (χ0n) is 16.8. The van der Waals surface area contributed by atoms with Crippen LogP contribution in [0.15, 0.2) is 59.1 Å². The van der Waals surface area contributed by atoms with Crippen molar-refractivity contribution in [2.75, 3.05) is 0 Å². The molecule has 0 atom stereocenters. The summed E-state index contributed by atoms with van der Waals surface area (Å²) < 4.78 is 6.23. The van der Waals surface area contributed by atoms with Crippen LogP contribution in [0.1, 0.15) is 19.4 Å². The number of pyridine rings is 1. The van der Waals surface area contributed by atoms with Crippen LogP contribution >= 0.6 is 0 Å². The first-order valence-electron chi connectivity index (χ1n) is 9.74. The molecular weight excluding hydrogens is 346 g/mol. The predicted molar refractivity (Wildman–Crippen MR) is 118 cm³/mol. The smallest absolute Gasteiger partial charge is 0.144 e. The lowest BCUT2D eigenvalue weighted by molar-refractivity contribution is 0.648. The molecule has 0 amide bonds. The van der Waals surface area contributed by atoms with Crippen LogP contribution in [0.25, 0.3) is 33.2 Å². The summed E-state index contributed by atoms with van der Waals surface area (Å²) in [4.78, 5) is 4.88. The Kier molecular flexibility index (Phi) is 4.43. The third kappa shape index (κ3) is 3.32. The molecule has 0 aliphatic carbocycles. The second-order valence-corrected chi connectivity index (χ2v) is 13.9. The maximum atomic E-state index is 6.23. The van der Waals surface area contributed by atoms with Gasteiger partial charge >= 0.3 is 0 Å². The van der Waals surface area contributed by atoms with Gasteiger partial charge in [-0.1, -0.05) is 63.8 Å². The first-order chi connectivity index (χ1) is 12.8. The zero-order chi connectivity index (χ0) is 19.2. The molecule has 0 radical (unpaired) electrons. The summed E-state index contributed by atoms with van der Waals surface area (Å²) in [6.45, 7) is 11.8. The Labute approximate surface area is 162 Å². The zero-order valence-corrected chi connectivity index (χ0v) is 17.8. The summed E-state index contributed by atoms with van der Waals surface area (Å²) in [6.07, 6.45) is 3.21. The van der Waals surface area contributed by atoms with Crippen molar-refractivity contribution >= 4 is 35.2 Å². The van der Waals surface area contributed by atoms with E-state index >= 15 is 0 Å². The van der Waals surface area contributed by atoms with Gasteiger partial charge in [0.15, 0.2) is 0 Å². The predicted octanol–water partition coefficient (Wildman–Crippen LogP) is 6.39. The molecule has 27 heavy (non-hydrogen) atoms. The van der Waals surface area contributed by atoms with Gasteiger partial charge in [-0.2, -0.15) is 0 Å². The molecule has 0 fully saturated rings. The molecule has 2 aromatic heterocycles. The summed E-state index contributed by atoms with van der Waals surface area (Å²) in [6, 6.07) is 16.9. The third-order valence-electron chi connectivity index (χ3n) is 5.11. The second-order valence-electron chi connectivity index (χ2n) is 8.86. The molecule has 0 aliphatic heterocycles. The van der Waals surface area contributed by atoms with E-state index in [4.69, 9.17) is 9.40 Å². The van der Waals surface area contributed by atoms with Crippen LogP contribution in [-0.4, -0.2) is 13.1 Å². The highest BCUT2D eigenvalue weighted by Crippen LogP contribution is 2.35. The van der Waals surface area contributed by atoms with E-state index in [9.17, 15) is 0 Å². The number of aromatic nitrogens is 1. The molecular formula is C24H27NOSi. The maximum absolute atomic E-state index is 6.23. The highest BCUT2D eigenvalue weighted by atomic mass is 28.3. The average molecular weight is 374 g/mol. The van der Waals surface area contributed by atoms with E-state index in [1.165, 1.54) is 10.8 Å². The maximum Gasteiger partial charge on any atom is 0.144 e. The monoisotopic (exact) mass is 373 g/mol. The van der Waals surface area contributed by atoms with Gasteiger partial charge in [0.2, 0.25) is 0 Å². The minimum Gasteiger partial charge on any atom is -0.455 e. The number of rotatable bonds is 4. The molecule has 138 valence electrons. The minimum atomic E-state index is -1.43. The van der Waals surface area contributed by atoms with Gasteiger partial charge in [-0.3, -0.25) is 4.98 Å². The van der Waals surface area contributed by atoms with Crippen LogP contribution < -0.4 is 5.19 Å². The van der Waals surface area contributed by atoms with Gasteiger partial charge in [0.25, 0.3) is 0 Å².